The molecule has 2 aromatic carbocycles. The van der Waals surface area contributed by atoms with Crippen LogP contribution < -0.4 is 20.3 Å². The second-order valence-electron chi connectivity index (χ2n) is 10.0. The summed E-state index contributed by atoms with van der Waals surface area (Å²) in [6.07, 6.45) is 3.85. The smallest absolute Gasteiger partial charge is 0.319 e. The number of fused-ring (bicyclic) bond motifs is 1. The molecule has 0 saturated carbocycles. The lowest BCUT2D eigenvalue weighted by atomic mass is 10.2. The van der Waals surface area contributed by atoms with Crippen LogP contribution >= 0.6 is 51.5 Å². The van der Waals surface area contributed by atoms with Crippen molar-refractivity contribution in [3.8, 4) is 5.75 Å². The standard InChI is InChI=1S/C30H29BrCl2N6O4.ClH/c1-18-27(31)39-14-6-9-24(28(39)35-18)43-17-21-22(32)10-11-23(26(21)33)37(2)25(40)16-34-30(42)36-20-8-5-7-19(15-20)29(41)38-12-3-4-13-38;/h5-11,14-15H,3-4,12-13,16-17H2,1-2H3,(H2,34,36,42);1H. The molecule has 232 valence electrons. The summed E-state index contributed by atoms with van der Waals surface area (Å²) >= 11 is 16.7. The first kappa shape index (κ1) is 33.4. The van der Waals surface area contributed by atoms with Gasteiger partial charge in [0.25, 0.3) is 5.91 Å². The van der Waals surface area contributed by atoms with Crippen LogP contribution in [0, 0.1) is 6.92 Å². The molecule has 14 heteroatoms. The minimum absolute atomic E-state index is 0. The normalized spacial score (nSPS) is 12.5. The van der Waals surface area contributed by atoms with Gasteiger partial charge in [-0.2, -0.15) is 0 Å². The lowest BCUT2D eigenvalue weighted by Crippen LogP contribution is -2.40. The number of rotatable bonds is 8. The maximum Gasteiger partial charge on any atom is 0.319 e. The van der Waals surface area contributed by atoms with Crippen molar-refractivity contribution in [2.75, 3.05) is 36.9 Å². The fourth-order valence-corrected chi connectivity index (χ4v) is 5.76. The number of anilines is 2. The molecular formula is C30H30BrCl3N6O4. The molecule has 0 aliphatic carbocycles. The van der Waals surface area contributed by atoms with Gasteiger partial charge in [-0.1, -0.05) is 29.3 Å². The number of carbonyl (C=O) groups excluding carboxylic acids is 3. The summed E-state index contributed by atoms with van der Waals surface area (Å²) in [6.45, 7) is 3.10. The molecule has 2 aromatic heterocycles. The predicted octanol–water partition coefficient (Wildman–Crippen LogP) is 6.73. The van der Waals surface area contributed by atoms with E-state index in [0.717, 1.165) is 36.2 Å². The lowest BCUT2D eigenvalue weighted by molar-refractivity contribution is -0.117. The fraction of sp³-hybridized carbons (Fsp3) is 0.267. The van der Waals surface area contributed by atoms with Gasteiger partial charge in [0.15, 0.2) is 11.4 Å². The molecule has 3 heterocycles. The van der Waals surface area contributed by atoms with Gasteiger partial charge in [-0.15, -0.1) is 12.4 Å². The minimum atomic E-state index is -0.584. The summed E-state index contributed by atoms with van der Waals surface area (Å²) in [5, 5.41) is 5.87. The molecule has 0 unspecified atom stereocenters. The molecule has 10 nitrogen and oxygen atoms in total. The Labute approximate surface area is 279 Å². The average Bonchev–Trinajstić information content (AvgIpc) is 3.64. The third kappa shape index (κ3) is 7.23. The molecule has 1 saturated heterocycles. The highest BCUT2D eigenvalue weighted by Gasteiger charge is 2.21. The van der Waals surface area contributed by atoms with Crippen molar-refractivity contribution >= 4 is 86.4 Å². The average molecular weight is 725 g/mol. The maximum absolute atomic E-state index is 13.0. The van der Waals surface area contributed by atoms with Gasteiger partial charge in [-0.3, -0.25) is 14.0 Å². The third-order valence-electron chi connectivity index (χ3n) is 7.15. The molecule has 0 spiro atoms. The number of likely N-dealkylation sites (tertiary alicyclic amines) is 1. The first-order chi connectivity index (χ1) is 20.6. The molecule has 2 N–H and O–H groups in total. The van der Waals surface area contributed by atoms with Gasteiger partial charge in [-0.05, 0) is 78.2 Å². The van der Waals surface area contributed by atoms with Gasteiger partial charge in [0, 0.05) is 48.2 Å². The molecule has 0 bridgehead atoms. The molecule has 44 heavy (non-hydrogen) atoms. The van der Waals surface area contributed by atoms with Crippen molar-refractivity contribution in [3.63, 3.8) is 0 Å². The molecule has 0 radical (unpaired) electrons. The first-order valence-corrected chi connectivity index (χ1v) is 15.1. The number of aryl methyl sites for hydroxylation is 1. The van der Waals surface area contributed by atoms with Crippen LogP contribution in [0.5, 0.6) is 5.75 Å². The van der Waals surface area contributed by atoms with E-state index in [9.17, 15) is 14.4 Å². The van der Waals surface area contributed by atoms with Gasteiger partial charge >= 0.3 is 6.03 Å². The molecule has 4 amide bonds. The number of ether oxygens (including phenoxy) is 1. The van der Waals surface area contributed by atoms with Gasteiger partial charge < -0.3 is 25.2 Å². The van der Waals surface area contributed by atoms with E-state index in [1.807, 2.05) is 23.6 Å². The Balaban J connectivity index is 0.00000442. The highest BCUT2D eigenvalue weighted by atomic mass is 79.9. The summed E-state index contributed by atoms with van der Waals surface area (Å²) in [6, 6.07) is 13.0. The number of amides is 4. The van der Waals surface area contributed by atoms with E-state index >= 15 is 0 Å². The Morgan fingerprint density at radius 2 is 1.84 bits per heavy atom. The van der Waals surface area contributed by atoms with Crippen molar-refractivity contribution in [2.45, 2.75) is 26.4 Å². The van der Waals surface area contributed by atoms with E-state index in [0.29, 0.717) is 38.9 Å². The minimum Gasteiger partial charge on any atom is -0.485 e. The zero-order valence-corrected chi connectivity index (χ0v) is 27.8. The number of pyridine rings is 1. The predicted molar refractivity (Wildman–Crippen MR) is 178 cm³/mol. The second kappa shape index (κ2) is 14.5. The van der Waals surface area contributed by atoms with Gasteiger partial charge in [0.1, 0.15) is 11.2 Å². The van der Waals surface area contributed by atoms with Crippen LogP contribution in [0.25, 0.3) is 5.65 Å². The number of halogens is 4. The van der Waals surface area contributed by atoms with E-state index in [4.69, 9.17) is 27.9 Å². The van der Waals surface area contributed by atoms with Gasteiger partial charge in [0.05, 0.1) is 22.9 Å². The Morgan fingerprint density at radius 1 is 1.09 bits per heavy atom. The van der Waals surface area contributed by atoms with Crippen molar-refractivity contribution in [2.24, 2.45) is 0 Å². The molecule has 1 aliphatic heterocycles. The van der Waals surface area contributed by atoms with E-state index in [-0.39, 0.29) is 36.5 Å². The van der Waals surface area contributed by atoms with Crippen LogP contribution in [0.3, 0.4) is 0 Å². The number of benzene rings is 2. The molecule has 1 aliphatic rings. The van der Waals surface area contributed by atoms with Crippen LogP contribution in [0.2, 0.25) is 10.0 Å². The Kier molecular flexibility index (Phi) is 11.0. The lowest BCUT2D eigenvalue weighted by Gasteiger charge is -2.21. The summed E-state index contributed by atoms with van der Waals surface area (Å²) in [5.41, 5.74) is 3.30. The highest BCUT2D eigenvalue weighted by molar-refractivity contribution is 9.10. The molecule has 1 fully saturated rings. The number of likely N-dealkylation sites (N-methyl/N-ethyl adjacent to an activating group) is 1. The number of nitrogens with one attached hydrogen (secondary N) is 2. The maximum atomic E-state index is 13.0. The largest absolute Gasteiger partial charge is 0.485 e. The van der Waals surface area contributed by atoms with Crippen LogP contribution in [-0.2, 0) is 11.4 Å². The van der Waals surface area contributed by atoms with Crippen molar-refractivity contribution in [1.29, 1.82) is 0 Å². The fourth-order valence-electron chi connectivity index (χ4n) is 4.78. The molecule has 0 atom stereocenters. The summed E-state index contributed by atoms with van der Waals surface area (Å²) < 4.78 is 8.75. The Morgan fingerprint density at radius 3 is 2.59 bits per heavy atom. The van der Waals surface area contributed by atoms with E-state index in [2.05, 4.69) is 31.5 Å². The van der Waals surface area contributed by atoms with E-state index < -0.39 is 11.9 Å². The Hall–Kier alpha value is -3.51. The zero-order chi connectivity index (χ0) is 30.7. The van der Waals surface area contributed by atoms with Crippen molar-refractivity contribution in [3.05, 3.63) is 86.2 Å². The Bertz CT molecular complexity index is 1710. The topological polar surface area (TPSA) is 108 Å². The number of imidazole rings is 1. The van der Waals surface area contributed by atoms with Crippen LogP contribution in [-0.4, -0.2) is 58.8 Å². The molecular weight excluding hydrogens is 695 g/mol. The third-order valence-corrected chi connectivity index (χ3v) is 8.88. The number of hydrogen-bond donors (Lipinski definition) is 2. The molecule has 5 rings (SSSR count). The number of hydrogen-bond acceptors (Lipinski definition) is 5. The quantitative estimate of drug-likeness (QED) is 0.210. The molecule has 4 aromatic rings. The van der Waals surface area contributed by atoms with Crippen LogP contribution in [0.4, 0.5) is 16.2 Å². The summed E-state index contributed by atoms with van der Waals surface area (Å²) in [7, 11) is 1.56. The monoisotopic (exact) mass is 722 g/mol. The van der Waals surface area contributed by atoms with Crippen molar-refractivity contribution in [1.82, 2.24) is 19.6 Å². The van der Waals surface area contributed by atoms with E-state index in [1.54, 1.807) is 54.4 Å². The zero-order valence-electron chi connectivity index (χ0n) is 23.9. The highest BCUT2D eigenvalue weighted by Crippen LogP contribution is 2.35. The van der Waals surface area contributed by atoms with Crippen LogP contribution in [0.15, 0.2) is 59.3 Å². The first-order valence-electron chi connectivity index (χ1n) is 13.6. The second-order valence-corrected chi connectivity index (χ2v) is 11.6. The van der Waals surface area contributed by atoms with Gasteiger partial charge in [0.2, 0.25) is 5.91 Å². The van der Waals surface area contributed by atoms with Crippen LogP contribution in [0.1, 0.15) is 34.5 Å². The summed E-state index contributed by atoms with van der Waals surface area (Å²) in [4.78, 5) is 45.9. The number of urea groups is 1. The summed E-state index contributed by atoms with van der Waals surface area (Å²) in [5.74, 6) is 0.0656. The van der Waals surface area contributed by atoms with Gasteiger partial charge in [-0.25, -0.2) is 9.78 Å². The SMILES string of the molecule is Cc1nc2c(OCc3c(Cl)ccc(N(C)C(=O)CNC(=O)Nc4cccc(C(=O)N5CCCC5)c4)c3Cl)cccn2c1Br.Cl. The number of nitrogens with zero attached hydrogens (tertiary/aromatic N) is 4. The van der Waals surface area contributed by atoms with E-state index in [1.165, 1.54) is 4.90 Å². The number of carbonyl (C=O) groups is 3. The number of aromatic nitrogens is 2. The van der Waals surface area contributed by atoms with Crippen molar-refractivity contribution < 1.29 is 19.1 Å².